The molecule has 4 aliphatic carbocycles. The van der Waals surface area contributed by atoms with Gasteiger partial charge in [0.25, 0.3) is 6.47 Å². The first kappa shape index (κ1) is 18.4. The maximum atomic E-state index is 12.7. The van der Waals surface area contributed by atoms with Gasteiger partial charge in [0.2, 0.25) is 5.91 Å². The van der Waals surface area contributed by atoms with Crippen LogP contribution in [0.15, 0.2) is 24.3 Å². The molecule has 6 rings (SSSR count). The molecule has 2 unspecified atom stereocenters. The molecule has 1 heterocycles. The van der Waals surface area contributed by atoms with E-state index in [0.29, 0.717) is 18.4 Å². The minimum absolute atomic E-state index is 0.00106. The monoisotopic (exact) mass is 372 g/mol. The molecule has 146 valence electrons. The molecule has 5 aliphatic rings. The van der Waals surface area contributed by atoms with Crippen LogP contribution in [-0.4, -0.2) is 45.2 Å². The molecule has 1 aromatic carbocycles. The van der Waals surface area contributed by atoms with Crippen molar-refractivity contribution in [1.29, 1.82) is 0 Å². The summed E-state index contributed by atoms with van der Waals surface area (Å²) in [5, 5.41) is 21.3. The van der Waals surface area contributed by atoms with E-state index in [0.717, 1.165) is 45.2 Å². The van der Waals surface area contributed by atoms with Gasteiger partial charge in [0.1, 0.15) is 0 Å². The molecular weight excluding hydrogens is 344 g/mol. The third kappa shape index (κ3) is 3.60. The quantitative estimate of drug-likeness (QED) is 0.705. The van der Waals surface area contributed by atoms with Crippen molar-refractivity contribution < 1.29 is 19.8 Å². The number of carbonyl (C=O) groups excluding carboxylic acids is 1. The lowest BCUT2D eigenvalue weighted by molar-refractivity contribution is -0.147. The van der Waals surface area contributed by atoms with Crippen LogP contribution in [0.4, 0.5) is 0 Å². The number of carbonyl (C=O) groups is 2. The van der Waals surface area contributed by atoms with Gasteiger partial charge in [0, 0.05) is 18.6 Å². The van der Waals surface area contributed by atoms with E-state index in [2.05, 4.69) is 17.4 Å². The molecule has 4 bridgehead atoms. The summed E-state index contributed by atoms with van der Waals surface area (Å²) in [4.78, 5) is 23.0. The Balaban J connectivity index is 0.000000565. The normalized spacial score (nSPS) is 35.4. The van der Waals surface area contributed by atoms with E-state index in [1.54, 1.807) is 0 Å². The Hall–Kier alpha value is -1.92. The number of hydrogen-bond donors (Lipinski definition) is 3. The van der Waals surface area contributed by atoms with E-state index >= 15 is 0 Å². The topological polar surface area (TPSA) is 89.9 Å². The fourth-order valence-electron chi connectivity index (χ4n) is 6.31. The molecule has 1 aliphatic heterocycles. The molecule has 0 aromatic heterocycles. The Labute approximate surface area is 159 Å². The second kappa shape index (κ2) is 6.91. The molecule has 0 spiro atoms. The van der Waals surface area contributed by atoms with Gasteiger partial charge in [-0.1, -0.05) is 24.3 Å². The van der Waals surface area contributed by atoms with Crippen molar-refractivity contribution in [2.45, 2.75) is 62.8 Å². The number of carboxylic acid groups (broad SMARTS) is 1. The molecule has 0 radical (unpaired) electrons. The first-order chi connectivity index (χ1) is 12.9. The third-order valence-electron chi connectivity index (χ3n) is 6.84. The van der Waals surface area contributed by atoms with Gasteiger partial charge >= 0.3 is 0 Å². The van der Waals surface area contributed by atoms with Gasteiger partial charge in [-0.25, -0.2) is 0 Å². The van der Waals surface area contributed by atoms with E-state index in [1.165, 1.54) is 17.5 Å². The van der Waals surface area contributed by atoms with Gasteiger partial charge in [-0.2, -0.15) is 0 Å². The molecule has 27 heavy (non-hydrogen) atoms. The zero-order valence-corrected chi connectivity index (χ0v) is 15.6. The Morgan fingerprint density at radius 2 is 1.70 bits per heavy atom. The molecule has 1 aromatic rings. The zero-order chi connectivity index (χ0) is 19.1. The molecule has 6 nitrogen and oxygen atoms in total. The average molecular weight is 372 g/mol. The number of rotatable bonds is 3. The van der Waals surface area contributed by atoms with Crippen LogP contribution < -0.4 is 5.32 Å². The van der Waals surface area contributed by atoms with Crippen molar-refractivity contribution in [2.24, 2.45) is 11.8 Å². The first-order valence-electron chi connectivity index (χ1n) is 9.84. The molecule has 0 saturated heterocycles. The minimum atomic E-state index is -0.468. The number of nitrogens with zero attached hydrogens (tertiary/aromatic N) is 1. The summed E-state index contributed by atoms with van der Waals surface area (Å²) < 4.78 is 0. The van der Waals surface area contributed by atoms with Gasteiger partial charge in [0.05, 0.1) is 12.1 Å². The first-order valence-corrected chi connectivity index (χ1v) is 9.84. The number of hydrogen-bond acceptors (Lipinski definition) is 4. The van der Waals surface area contributed by atoms with Gasteiger partial charge in [-0.05, 0) is 61.5 Å². The number of aliphatic hydroxyl groups is 1. The summed E-state index contributed by atoms with van der Waals surface area (Å²) in [5.41, 5.74) is 2.08. The van der Waals surface area contributed by atoms with Crippen LogP contribution in [-0.2, 0) is 22.7 Å². The lowest BCUT2D eigenvalue weighted by Gasteiger charge is -2.60. The van der Waals surface area contributed by atoms with Crippen molar-refractivity contribution >= 4 is 12.4 Å². The van der Waals surface area contributed by atoms with Crippen molar-refractivity contribution in [2.75, 3.05) is 6.54 Å². The minimum Gasteiger partial charge on any atom is -0.483 e. The van der Waals surface area contributed by atoms with E-state index in [-0.39, 0.29) is 17.9 Å². The smallest absolute Gasteiger partial charge is 0.290 e. The van der Waals surface area contributed by atoms with Crippen molar-refractivity contribution in [3.63, 3.8) is 0 Å². The fraction of sp³-hybridized carbons (Fsp3) is 0.619. The highest BCUT2D eigenvalue weighted by molar-refractivity contribution is 5.79. The number of fused-ring (bicyclic) bond motifs is 1. The Bertz CT molecular complexity index is 696. The number of amides is 1. The molecule has 3 N–H and O–H groups in total. The molecule has 6 heteroatoms. The van der Waals surface area contributed by atoms with Crippen LogP contribution in [0.2, 0.25) is 0 Å². The fourth-order valence-corrected chi connectivity index (χ4v) is 6.31. The standard InChI is InChI=1S/C20H26N2O2.CH2O2/c23-18(22-11-16-3-1-2-4-17(16)12-22)10-21-19-6-14-5-15(7-19)9-20(24,8-14)13-19;2-1-3/h1-4,14-15,21,24H,5-13H2;1H,(H,2,3). The van der Waals surface area contributed by atoms with Gasteiger partial charge in [-0.15, -0.1) is 0 Å². The van der Waals surface area contributed by atoms with E-state index in [9.17, 15) is 9.90 Å². The highest BCUT2D eigenvalue weighted by atomic mass is 16.3. The summed E-state index contributed by atoms with van der Waals surface area (Å²) in [6.07, 6.45) is 6.34. The summed E-state index contributed by atoms with van der Waals surface area (Å²) in [6, 6.07) is 8.32. The predicted octanol–water partition coefficient (Wildman–Crippen LogP) is 1.90. The van der Waals surface area contributed by atoms with Crippen LogP contribution >= 0.6 is 0 Å². The van der Waals surface area contributed by atoms with Crippen LogP contribution in [0.1, 0.15) is 49.7 Å². The molecule has 4 fully saturated rings. The largest absolute Gasteiger partial charge is 0.483 e. The highest BCUT2D eigenvalue weighted by Gasteiger charge is 2.57. The van der Waals surface area contributed by atoms with Crippen LogP contribution in [0, 0.1) is 11.8 Å². The highest BCUT2D eigenvalue weighted by Crippen LogP contribution is 2.57. The second-order valence-electron chi connectivity index (χ2n) is 8.94. The van der Waals surface area contributed by atoms with Gasteiger partial charge in [-0.3, -0.25) is 9.59 Å². The molecule has 4 saturated carbocycles. The van der Waals surface area contributed by atoms with E-state index < -0.39 is 5.60 Å². The summed E-state index contributed by atoms with van der Waals surface area (Å²) in [7, 11) is 0. The number of nitrogens with one attached hydrogen (secondary N) is 1. The molecule has 2 atom stereocenters. The molecule has 1 amide bonds. The average Bonchev–Trinajstić information content (AvgIpc) is 3.02. The lowest BCUT2D eigenvalue weighted by Crippen LogP contribution is -2.65. The zero-order valence-electron chi connectivity index (χ0n) is 15.6. The number of benzene rings is 1. The maximum absolute atomic E-state index is 12.7. The van der Waals surface area contributed by atoms with Crippen LogP contribution in [0.25, 0.3) is 0 Å². The Morgan fingerprint density at radius 1 is 1.15 bits per heavy atom. The van der Waals surface area contributed by atoms with E-state index in [4.69, 9.17) is 9.90 Å². The van der Waals surface area contributed by atoms with Gasteiger partial charge < -0.3 is 20.4 Å². The van der Waals surface area contributed by atoms with E-state index in [1.807, 2.05) is 17.0 Å². The predicted molar refractivity (Wildman–Crippen MR) is 99.8 cm³/mol. The lowest BCUT2D eigenvalue weighted by atomic mass is 9.51. The SMILES string of the molecule is O=C(CNC12CC3CC(CC(O)(C3)C1)C2)N1Cc2ccccc2C1.O=CO. The van der Waals surface area contributed by atoms with Crippen molar-refractivity contribution in [1.82, 2.24) is 10.2 Å². The third-order valence-corrected chi connectivity index (χ3v) is 6.84. The summed E-state index contributed by atoms with van der Waals surface area (Å²) in [6.45, 7) is 1.63. The summed E-state index contributed by atoms with van der Waals surface area (Å²) >= 11 is 0. The Kier molecular flexibility index (Phi) is 4.72. The maximum Gasteiger partial charge on any atom is 0.290 e. The van der Waals surface area contributed by atoms with Gasteiger partial charge in [0.15, 0.2) is 0 Å². The molecular formula is C21H28N2O4. The van der Waals surface area contributed by atoms with Crippen molar-refractivity contribution in [3.8, 4) is 0 Å². The second-order valence-corrected chi connectivity index (χ2v) is 8.94. The Morgan fingerprint density at radius 3 is 2.22 bits per heavy atom. The van der Waals surface area contributed by atoms with Crippen LogP contribution in [0.3, 0.4) is 0 Å². The van der Waals surface area contributed by atoms with Crippen LogP contribution in [0.5, 0.6) is 0 Å². The summed E-state index contributed by atoms with van der Waals surface area (Å²) in [5.74, 6) is 1.48. The van der Waals surface area contributed by atoms with Crippen molar-refractivity contribution in [3.05, 3.63) is 35.4 Å².